The van der Waals surface area contributed by atoms with Crippen molar-refractivity contribution < 1.29 is 13.9 Å². The highest BCUT2D eigenvalue weighted by atomic mass is 35.5. The Bertz CT molecular complexity index is 2010. The summed E-state index contributed by atoms with van der Waals surface area (Å²) < 4.78 is 26.7. The summed E-state index contributed by atoms with van der Waals surface area (Å²) in [7, 11) is 2.12. The van der Waals surface area contributed by atoms with Crippen LogP contribution in [-0.4, -0.2) is 70.1 Å². The number of amides is 1. The molecule has 2 aromatic carbocycles. The van der Waals surface area contributed by atoms with Crippen molar-refractivity contribution >= 4 is 50.9 Å². The summed E-state index contributed by atoms with van der Waals surface area (Å²) in [4.78, 5) is 22.3. The number of hydrogen-bond donors (Lipinski definition) is 1. The molecule has 1 amide bonds. The van der Waals surface area contributed by atoms with E-state index in [1.54, 1.807) is 25.1 Å². The first kappa shape index (κ1) is 32.8. The fourth-order valence-corrected chi connectivity index (χ4v) is 9.64. The molecule has 49 heavy (non-hydrogen) atoms. The van der Waals surface area contributed by atoms with Crippen molar-refractivity contribution in [2.75, 3.05) is 26.7 Å². The zero-order valence-electron chi connectivity index (χ0n) is 28.1. The fraction of sp³-hybridized carbons (Fsp3) is 0.500. The van der Waals surface area contributed by atoms with E-state index in [9.17, 15) is 10.1 Å². The number of aryl methyl sites for hydroxylation is 1. The third-order valence-corrected chi connectivity index (χ3v) is 12.4. The van der Waals surface area contributed by atoms with Gasteiger partial charge >= 0.3 is 0 Å². The molecule has 5 fully saturated rings. The maximum atomic E-state index is 17.4. The number of likely N-dealkylation sites (N-methyl/N-ethyl adjacent to an activating group) is 1. The zero-order chi connectivity index (χ0) is 34.1. The summed E-state index contributed by atoms with van der Waals surface area (Å²) in [6.07, 6.45) is 5.33. The number of ether oxygens (including phenoxy) is 1. The number of rotatable bonds is 8. The number of hydrogen-bond acceptors (Lipinski definition) is 6. The van der Waals surface area contributed by atoms with E-state index in [0.717, 1.165) is 61.8 Å². The van der Waals surface area contributed by atoms with Crippen LogP contribution in [0.4, 0.5) is 4.39 Å². The molecule has 2 bridgehead atoms. The van der Waals surface area contributed by atoms with Crippen LogP contribution in [0, 0.1) is 23.1 Å². The van der Waals surface area contributed by atoms with Crippen molar-refractivity contribution in [1.82, 2.24) is 24.7 Å². The molecule has 4 aromatic rings. The molecule has 9 rings (SSSR count). The molecule has 6 atom stereocenters. The molecule has 1 N–H and O–H groups in total. The molecule has 4 saturated heterocycles. The summed E-state index contributed by atoms with van der Waals surface area (Å²) in [6.45, 7) is 6.35. The van der Waals surface area contributed by atoms with E-state index in [-0.39, 0.29) is 53.1 Å². The van der Waals surface area contributed by atoms with Crippen LogP contribution in [0.2, 0.25) is 10.0 Å². The second-order valence-corrected chi connectivity index (χ2v) is 15.2. The second-order valence-electron chi connectivity index (χ2n) is 14.4. The van der Waals surface area contributed by atoms with Crippen LogP contribution in [0.1, 0.15) is 75.7 Å². The molecule has 256 valence electrons. The van der Waals surface area contributed by atoms with Crippen LogP contribution in [0.25, 0.3) is 32.9 Å². The molecule has 11 heteroatoms. The van der Waals surface area contributed by atoms with Gasteiger partial charge in [0.2, 0.25) is 11.8 Å². The second kappa shape index (κ2) is 12.7. The van der Waals surface area contributed by atoms with Gasteiger partial charge in [-0.05, 0) is 88.7 Å². The molecule has 1 aliphatic carbocycles. The first-order valence-corrected chi connectivity index (χ1v) is 18.3. The summed E-state index contributed by atoms with van der Waals surface area (Å²) in [5.41, 5.74) is 3.56. The maximum Gasteiger partial charge on any atom is 0.223 e. The number of aromatic nitrogens is 2. The standard InChI is InChI=1S/C38H41Cl2FN6O2/c1-20(29-11-6-14-45(29)3)49-38-26-18-31(30-12-7-15-46(30)21(2)48)47(36-23-17-28(36)43-19-23)37(26)25-16-22(8-5-13-42)32(34(41)35(25)44-38)24-9-4-10-27(39)33(24)40/h4,9-10,16,18,20,23,28-30,36,43H,5-8,11-12,14-15,17,19H2,1-3H3. The summed E-state index contributed by atoms with van der Waals surface area (Å²) in [5.74, 6) is 0.369. The molecule has 4 aliphatic heterocycles. The highest BCUT2D eigenvalue weighted by molar-refractivity contribution is 6.43. The van der Waals surface area contributed by atoms with Crippen molar-refractivity contribution in [2.24, 2.45) is 5.92 Å². The number of pyridine rings is 1. The van der Waals surface area contributed by atoms with Gasteiger partial charge < -0.3 is 19.5 Å². The van der Waals surface area contributed by atoms with Crippen molar-refractivity contribution in [3.63, 3.8) is 0 Å². The minimum absolute atomic E-state index is 0.0549. The maximum absolute atomic E-state index is 17.4. The molecule has 5 aliphatic rings. The summed E-state index contributed by atoms with van der Waals surface area (Å²) in [5, 5.41) is 15.4. The average molecular weight is 704 g/mol. The van der Waals surface area contributed by atoms with Crippen LogP contribution in [-0.2, 0) is 11.2 Å². The van der Waals surface area contributed by atoms with Crippen molar-refractivity contribution in [2.45, 2.75) is 89.1 Å². The van der Waals surface area contributed by atoms with E-state index in [4.69, 9.17) is 32.9 Å². The van der Waals surface area contributed by atoms with E-state index in [1.807, 2.05) is 11.0 Å². The lowest BCUT2D eigenvalue weighted by Gasteiger charge is -2.39. The topological polar surface area (TPSA) is 86.4 Å². The Labute approximate surface area is 296 Å². The SMILES string of the molecule is CC(=O)N1CCCC1c1cc2c(OC(C)C3CCCN3C)nc3c(F)c(-c4cccc(Cl)c4Cl)c(CCC#N)cc3c2n1C1C2CNC1C2. The summed E-state index contributed by atoms with van der Waals surface area (Å²) >= 11 is 13.2. The highest BCUT2D eigenvalue weighted by Crippen LogP contribution is 2.51. The third kappa shape index (κ3) is 5.29. The van der Waals surface area contributed by atoms with Crippen molar-refractivity contribution in [1.29, 1.82) is 5.26 Å². The molecule has 6 unspecified atom stereocenters. The molecule has 1 saturated carbocycles. The monoisotopic (exact) mass is 702 g/mol. The van der Waals surface area contributed by atoms with E-state index < -0.39 is 5.82 Å². The number of nitriles is 1. The third-order valence-electron chi connectivity index (χ3n) is 11.6. The molecule has 2 aromatic heterocycles. The van der Waals surface area contributed by atoms with E-state index in [0.29, 0.717) is 51.9 Å². The zero-order valence-corrected chi connectivity index (χ0v) is 29.6. The van der Waals surface area contributed by atoms with Crippen molar-refractivity contribution in [3.8, 4) is 23.1 Å². The number of carbonyl (C=O) groups is 1. The fourth-order valence-electron chi connectivity index (χ4n) is 9.24. The van der Waals surface area contributed by atoms with Gasteiger partial charge in [-0.25, -0.2) is 9.37 Å². The van der Waals surface area contributed by atoms with Gasteiger partial charge in [0.25, 0.3) is 0 Å². The largest absolute Gasteiger partial charge is 0.472 e. The molecular formula is C38H41Cl2FN6O2. The Morgan fingerprint density at radius 3 is 2.71 bits per heavy atom. The number of nitrogens with one attached hydrogen (secondary N) is 1. The first-order chi connectivity index (χ1) is 23.7. The van der Waals surface area contributed by atoms with Gasteiger partial charge in [-0.1, -0.05) is 35.3 Å². The number of likely N-dealkylation sites (tertiary alicyclic amines) is 2. The molecular weight excluding hydrogens is 662 g/mol. The highest BCUT2D eigenvalue weighted by Gasteiger charge is 2.50. The normalized spacial score (nSPS) is 25.7. The van der Waals surface area contributed by atoms with Gasteiger partial charge in [-0.2, -0.15) is 5.26 Å². The van der Waals surface area contributed by atoms with Gasteiger partial charge in [0.15, 0.2) is 5.82 Å². The quantitative estimate of drug-likeness (QED) is 0.201. The minimum Gasteiger partial charge on any atom is -0.472 e. The number of nitrogens with zero attached hydrogens (tertiary/aromatic N) is 5. The predicted octanol–water partition coefficient (Wildman–Crippen LogP) is 7.84. The van der Waals surface area contributed by atoms with Crippen molar-refractivity contribution in [3.05, 3.63) is 57.5 Å². The Hall–Kier alpha value is -3.42. The van der Waals surface area contributed by atoms with Gasteiger partial charge in [0.05, 0.1) is 39.1 Å². The van der Waals surface area contributed by atoms with Gasteiger partial charge in [0, 0.05) is 60.7 Å². The average Bonchev–Trinajstić information content (AvgIpc) is 3.91. The smallest absolute Gasteiger partial charge is 0.223 e. The molecule has 0 spiro atoms. The van der Waals surface area contributed by atoms with Crippen LogP contribution >= 0.6 is 23.2 Å². The molecule has 0 radical (unpaired) electrons. The lowest BCUT2D eigenvalue weighted by atomic mass is 9.79. The van der Waals surface area contributed by atoms with E-state index in [1.165, 1.54) is 0 Å². The van der Waals surface area contributed by atoms with Crippen LogP contribution in [0.5, 0.6) is 5.88 Å². The summed E-state index contributed by atoms with van der Waals surface area (Å²) in [6, 6.07) is 12.2. The van der Waals surface area contributed by atoms with E-state index in [2.05, 4.69) is 40.9 Å². The lowest BCUT2D eigenvalue weighted by Crippen LogP contribution is -2.40. The Balaban J connectivity index is 1.44. The molecule has 6 heterocycles. The minimum atomic E-state index is -0.512. The lowest BCUT2D eigenvalue weighted by molar-refractivity contribution is -0.129. The predicted molar refractivity (Wildman–Crippen MR) is 191 cm³/mol. The Morgan fingerprint density at radius 1 is 1.20 bits per heavy atom. The van der Waals surface area contributed by atoms with Gasteiger partial charge in [-0.3, -0.25) is 9.69 Å². The Kier molecular flexibility index (Phi) is 8.51. The number of benzene rings is 2. The van der Waals surface area contributed by atoms with Crippen LogP contribution < -0.4 is 10.1 Å². The number of carbonyl (C=O) groups excluding carboxylic acids is 1. The van der Waals surface area contributed by atoms with Gasteiger partial charge in [0.1, 0.15) is 11.6 Å². The molecule has 8 nitrogen and oxygen atoms in total. The first-order valence-electron chi connectivity index (χ1n) is 17.6. The Morgan fingerprint density at radius 2 is 2.02 bits per heavy atom. The van der Waals surface area contributed by atoms with E-state index >= 15 is 4.39 Å². The van der Waals surface area contributed by atoms with Crippen LogP contribution in [0.3, 0.4) is 0 Å². The van der Waals surface area contributed by atoms with Crippen LogP contribution in [0.15, 0.2) is 30.3 Å². The van der Waals surface area contributed by atoms with Gasteiger partial charge in [-0.15, -0.1) is 0 Å². The number of halogens is 3. The number of fused-ring (bicyclic) bond motifs is 4.